The Bertz CT molecular complexity index is 392. The first-order valence-corrected chi connectivity index (χ1v) is 6.50. The van der Waals surface area contributed by atoms with E-state index in [9.17, 15) is 4.79 Å². The predicted octanol–water partition coefficient (Wildman–Crippen LogP) is 1.87. The molecule has 1 aliphatic rings. The molecule has 0 aliphatic carbocycles. The number of hydrogen-bond acceptors (Lipinski definition) is 3. The van der Waals surface area contributed by atoms with E-state index in [1.54, 1.807) is 12.1 Å². The van der Waals surface area contributed by atoms with Gasteiger partial charge in [-0.25, -0.2) is 0 Å². The molecule has 1 aliphatic heterocycles. The molecule has 1 aromatic carbocycles. The Morgan fingerprint density at radius 1 is 1.42 bits per heavy atom. The zero-order valence-corrected chi connectivity index (χ0v) is 12.1. The van der Waals surface area contributed by atoms with Crippen LogP contribution >= 0.6 is 24.0 Å². The molecule has 1 heterocycles. The van der Waals surface area contributed by atoms with Crippen LogP contribution in [0.2, 0.25) is 5.02 Å². The van der Waals surface area contributed by atoms with E-state index in [1.165, 1.54) is 0 Å². The first-order chi connectivity index (χ1) is 8.75. The number of nitrogens with one attached hydrogen (secondary N) is 2. The molecule has 6 heteroatoms. The summed E-state index contributed by atoms with van der Waals surface area (Å²) in [4.78, 5) is 11.7. The average Bonchev–Trinajstić information content (AvgIpc) is 2.90. The van der Waals surface area contributed by atoms with E-state index < -0.39 is 0 Å². The Morgan fingerprint density at radius 3 is 2.79 bits per heavy atom. The van der Waals surface area contributed by atoms with E-state index in [1.807, 2.05) is 12.1 Å². The molecule has 1 fully saturated rings. The standard InChI is InChI=1S/C13H17ClN2O2.ClH/c14-11-1-3-12(4-2-11)18-8-7-16-13(17)10-5-6-15-9-10;/h1-4,10,15H,5-9H2,(H,16,17);1H. The highest BCUT2D eigenvalue weighted by Gasteiger charge is 2.21. The van der Waals surface area contributed by atoms with Crippen LogP contribution in [0.15, 0.2) is 24.3 Å². The highest BCUT2D eigenvalue weighted by atomic mass is 35.5. The summed E-state index contributed by atoms with van der Waals surface area (Å²) >= 11 is 5.77. The molecular formula is C13H18Cl2N2O2. The van der Waals surface area contributed by atoms with Crippen LogP contribution in [0.4, 0.5) is 0 Å². The number of amides is 1. The fourth-order valence-corrected chi connectivity index (χ4v) is 2.02. The van der Waals surface area contributed by atoms with Crippen molar-refractivity contribution in [2.24, 2.45) is 5.92 Å². The normalized spacial score (nSPS) is 17.6. The van der Waals surface area contributed by atoms with Gasteiger partial charge in [-0.05, 0) is 37.2 Å². The monoisotopic (exact) mass is 304 g/mol. The van der Waals surface area contributed by atoms with Gasteiger partial charge in [-0.1, -0.05) is 11.6 Å². The molecule has 1 atom stereocenters. The van der Waals surface area contributed by atoms with Gasteiger partial charge in [0.05, 0.1) is 12.5 Å². The minimum atomic E-state index is 0. The maximum absolute atomic E-state index is 11.7. The summed E-state index contributed by atoms with van der Waals surface area (Å²) in [6.45, 7) is 2.70. The lowest BCUT2D eigenvalue weighted by atomic mass is 10.1. The summed E-state index contributed by atoms with van der Waals surface area (Å²) in [7, 11) is 0. The van der Waals surface area contributed by atoms with Crippen molar-refractivity contribution in [3.8, 4) is 5.75 Å². The Morgan fingerprint density at radius 2 is 2.16 bits per heavy atom. The lowest BCUT2D eigenvalue weighted by Crippen LogP contribution is -2.34. The first kappa shape index (κ1) is 16.1. The summed E-state index contributed by atoms with van der Waals surface area (Å²) in [5, 5.41) is 6.73. The Hall–Kier alpha value is -0.970. The van der Waals surface area contributed by atoms with E-state index >= 15 is 0 Å². The third-order valence-corrected chi connectivity index (χ3v) is 3.17. The second kappa shape index (κ2) is 8.25. The highest BCUT2D eigenvalue weighted by molar-refractivity contribution is 6.30. The van der Waals surface area contributed by atoms with Crippen molar-refractivity contribution in [2.45, 2.75) is 6.42 Å². The molecule has 1 amide bonds. The molecule has 2 rings (SSSR count). The fourth-order valence-electron chi connectivity index (χ4n) is 1.90. The van der Waals surface area contributed by atoms with E-state index in [0.29, 0.717) is 18.2 Å². The van der Waals surface area contributed by atoms with Gasteiger partial charge in [0.25, 0.3) is 0 Å². The first-order valence-electron chi connectivity index (χ1n) is 6.12. The van der Waals surface area contributed by atoms with E-state index in [2.05, 4.69) is 10.6 Å². The molecule has 0 saturated carbocycles. The minimum Gasteiger partial charge on any atom is -0.492 e. The summed E-state index contributed by atoms with van der Waals surface area (Å²) < 4.78 is 5.49. The topological polar surface area (TPSA) is 50.4 Å². The van der Waals surface area contributed by atoms with Crippen LogP contribution in [0, 0.1) is 5.92 Å². The van der Waals surface area contributed by atoms with Gasteiger partial charge in [0, 0.05) is 11.6 Å². The highest BCUT2D eigenvalue weighted by Crippen LogP contribution is 2.15. The molecule has 1 unspecified atom stereocenters. The van der Waals surface area contributed by atoms with Crippen molar-refractivity contribution >= 4 is 29.9 Å². The van der Waals surface area contributed by atoms with Crippen molar-refractivity contribution in [1.29, 1.82) is 0 Å². The van der Waals surface area contributed by atoms with Crippen molar-refractivity contribution in [1.82, 2.24) is 10.6 Å². The largest absolute Gasteiger partial charge is 0.492 e. The summed E-state index contributed by atoms with van der Waals surface area (Å²) in [5.74, 6) is 0.983. The average molecular weight is 305 g/mol. The zero-order valence-electron chi connectivity index (χ0n) is 10.5. The fraction of sp³-hybridized carbons (Fsp3) is 0.462. The quantitative estimate of drug-likeness (QED) is 0.817. The third kappa shape index (κ3) is 5.27. The Labute approximate surface area is 124 Å². The number of benzene rings is 1. The molecule has 2 N–H and O–H groups in total. The maximum atomic E-state index is 11.7. The van der Waals surface area contributed by atoms with Crippen LogP contribution in [0.25, 0.3) is 0 Å². The molecular weight excluding hydrogens is 287 g/mol. The van der Waals surface area contributed by atoms with E-state index in [0.717, 1.165) is 25.3 Å². The van der Waals surface area contributed by atoms with Crippen molar-refractivity contribution < 1.29 is 9.53 Å². The van der Waals surface area contributed by atoms with Crippen molar-refractivity contribution in [2.75, 3.05) is 26.2 Å². The van der Waals surface area contributed by atoms with Crippen LogP contribution < -0.4 is 15.4 Å². The molecule has 106 valence electrons. The number of halogens is 2. The van der Waals surface area contributed by atoms with Gasteiger partial charge in [-0.3, -0.25) is 4.79 Å². The van der Waals surface area contributed by atoms with Gasteiger partial charge in [0.1, 0.15) is 12.4 Å². The number of carbonyl (C=O) groups excluding carboxylic acids is 1. The van der Waals surface area contributed by atoms with Crippen molar-refractivity contribution in [3.05, 3.63) is 29.3 Å². The van der Waals surface area contributed by atoms with Gasteiger partial charge in [-0.2, -0.15) is 0 Å². The zero-order chi connectivity index (χ0) is 12.8. The predicted molar refractivity (Wildman–Crippen MR) is 78.2 cm³/mol. The van der Waals surface area contributed by atoms with Crippen molar-refractivity contribution in [3.63, 3.8) is 0 Å². The molecule has 0 aromatic heterocycles. The molecule has 1 saturated heterocycles. The lowest BCUT2D eigenvalue weighted by Gasteiger charge is -2.10. The Balaban J connectivity index is 0.00000180. The van der Waals surface area contributed by atoms with Gasteiger partial charge < -0.3 is 15.4 Å². The smallest absolute Gasteiger partial charge is 0.224 e. The van der Waals surface area contributed by atoms with Gasteiger partial charge in [0.15, 0.2) is 0 Å². The van der Waals surface area contributed by atoms with Crippen LogP contribution in [0.1, 0.15) is 6.42 Å². The minimum absolute atomic E-state index is 0. The SMILES string of the molecule is Cl.O=C(NCCOc1ccc(Cl)cc1)C1CCNC1. The number of rotatable bonds is 5. The number of hydrogen-bond donors (Lipinski definition) is 2. The van der Waals surface area contributed by atoms with Crippen LogP contribution in [0.3, 0.4) is 0 Å². The third-order valence-electron chi connectivity index (χ3n) is 2.91. The van der Waals surface area contributed by atoms with E-state index in [4.69, 9.17) is 16.3 Å². The number of ether oxygens (including phenoxy) is 1. The number of carbonyl (C=O) groups is 1. The summed E-state index contributed by atoms with van der Waals surface area (Å²) in [5.41, 5.74) is 0. The molecule has 0 bridgehead atoms. The Kier molecular flexibility index (Phi) is 6.99. The molecule has 0 spiro atoms. The van der Waals surface area contributed by atoms with Gasteiger partial charge in [-0.15, -0.1) is 12.4 Å². The second-order valence-corrected chi connectivity index (χ2v) is 4.72. The molecule has 0 radical (unpaired) electrons. The maximum Gasteiger partial charge on any atom is 0.224 e. The molecule has 4 nitrogen and oxygen atoms in total. The summed E-state index contributed by atoms with van der Waals surface area (Å²) in [6, 6.07) is 7.18. The molecule has 19 heavy (non-hydrogen) atoms. The van der Waals surface area contributed by atoms with Crippen LogP contribution in [-0.4, -0.2) is 32.1 Å². The van der Waals surface area contributed by atoms with Gasteiger partial charge >= 0.3 is 0 Å². The van der Waals surface area contributed by atoms with Gasteiger partial charge in [0.2, 0.25) is 5.91 Å². The molecule has 1 aromatic rings. The van der Waals surface area contributed by atoms with E-state index in [-0.39, 0.29) is 24.2 Å². The second-order valence-electron chi connectivity index (χ2n) is 4.28. The summed E-state index contributed by atoms with van der Waals surface area (Å²) in [6.07, 6.45) is 0.921. The lowest BCUT2D eigenvalue weighted by molar-refractivity contribution is -0.124. The van der Waals surface area contributed by atoms with Crippen LogP contribution in [0.5, 0.6) is 5.75 Å². The van der Waals surface area contributed by atoms with Crippen LogP contribution in [-0.2, 0) is 4.79 Å².